The van der Waals surface area contributed by atoms with Crippen LogP contribution >= 0.6 is 0 Å². The molecule has 22 heavy (non-hydrogen) atoms. The van der Waals surface area contributed by atoms with E-state index in [1.807, 2.05) is 12.3 Å². The van der Waals surface area contributed by atoms with E-state index in [2.05, 4.69) is 27.6 Å². The number of nitrogens with zero attached hydrogens (tertiary/aromatic N) is 4. The second kappa shape index (κ2) is 5.97. The Morgan fingerprint density at radius 2 is 2.27 bits per heavy atom. The summed E-state index contributed by atoms with van der Waals surface area (Å²) in [7, 11) is 2.23. The van der Waals surface area contributed by atoms with Crippen molar-refractivity contribution in [3.63, 3.8) is 0 Å². The first-order valence-corrected chi connectivity index (χ1v) is 8.42. The maximum Gasteiger partial charge on any atom is 0.160 e. The van der Waals surface area contributed by atoms with Crippen LogP contribution < -0.4 is 0 Å². The molecule has 0 amide bonds. The highest BCUT2D eigenvalue weighted by Crippen LogP contribution is 2.29. The van der Waals surface area contributed by atoms with E-state index in [9.17, 15) is 0 Å². The summed E-state index contributed by atoms with van der Waals surface area (Å²) in [4.78, 5) is 12.0. The molecule has 0 spiro atoms. The summed E-state index contributed by atoms with van der Waals surface area (Å²) < 4.78 is 8.06. The zero-order valence-corrected chi connectivity index (χ0v) is 13.2. The van der Waals surface area contributed by atoms with E-state index in [1.165, 1.54) is 31.6 Å². The number of hydrogen-bond acceptors (Lipinski definition) is 4. The Bertz CT molecular complexity index is 647. The molecule has 4 heterocycles. The number of likely N-dealkylation sites (N-methyl/N-ethyl adjacent to an activating group) is 1. The molecule has 2 saturated heterocycles. The molecule has 0 aromatic carbocycles. The van der Waals surface area contributed by atoms with Crippen molar-refractivity contribution in [1.82, 2.24) is 19.4 Å². The van der Waals surface area contributed by atoms with Crippen molar-refractivity contribution in [2.45, 2.75) is 44.2 Å². The Hall–Kier alpha value is -1.46. The molecule has 4 rings (SSSR count). The number of pyridine rings is 1. The van der Waals surface area contributed by atoms with Crippen LogP contribution in [0.3, 0.4) is 0 Å². The van der Waals surface area contributed by atoms with Gasteiger partial charge >= 0.3 is 0 Å². The van der Waals surface area contributed by atoms with Gasteiger partial charge in [0.25, 0.3) is 0 Å². The van der Waals surface area contributed by atoms with Gasteiger partial charge in [-0.05, 0) is 51.4 Å². The summed E-state index contributed by atoms with van der Waals surface area (Å²) in [6.45, 7) is 3.88. The van der Waals surface area contributed by atoms with Gasteiger partial charge < -0.3 is 14.2 Å². The molecule has 5 heteroatoms. The standard InChI is InChI=1S/C17H24N4O/c1-20-9-3-6-14(20)11-21-16(13-5-4-10-22-12-13)19-15-7-2-8-18-17(15)21/h2,7-8,13-14H,3-6,9-12H2,1H3. The van der Waals surface area contributed by atoms with Crippen molar-refractivity contribution in [2.24, 2.45) is 0 Å². The molecule has 118 valence electrons. The Balaban J connectivity index is 1.72. The van der Waals surface area contributed by atoms with Crippen molar-refractivity contribution in [3.05, 3.63) is 24.2 Å². The highest BCUT2D eigenvalue weighted by atomic mass is 16.5. The van der Waals surface area contributed by atoms with E-state index >= 15 is 0 Å². The molecule has 0 bridgehead atoms. The van der Waals surface area contributed by atoms with Gasteiger partial charge in [0, 0.05) is 31.3 Å². The van der Waals surface area contributed by atoms with E-state index in [0.717, 1.165) is 37.3 Å². The second-order valence-electron chi connectivity index (χ2n) is 6.62. The van der Waals surface area contributed by atoms with Crippen LogP contribution in [0.15, 0.2) is 18.3 Å². The predicted molar refractivity (Wildman–Crippen MR) is 86.0 cm³/mol. The summed E-state index contributed by atoms with van der Waals surface area (Å²) in [5.41, 5.74) is 2.05. The van der Waals surface area contributed by atoms with Crippen LogP contribution in [0.25, 0.3) is 11.2 Å². The quantitative estimate of drug-likeness (QED) is 0.873. The van der Waals surface area contributed by atoms with E-state index in [1.54, 1.807) is 0 Å². The SMILES string of the molecule is CN1CCCC1Cn1c(C2CCCOC2)nc2cccnc21. The van der Waals surface area contributed by atoms with Gasteiger partial charge in [0.2, 0.25) is 0 Å². The third-order valence-electron chi connectivity index (χ3n) is 5.12. The molecular weight excluding hydrogens is 276 g/mol. The number of imidazole rings is 1. The van der Waals surface area contributed by atoms with Crippen LogP contribution in [0.5, 0.6) is 0 Å². The van der Waals surface area contributed by atoms with Gasteiger partial charge in [-0.15, -0.1) is 0 Å². The molecular formula is C17H24N4O. The zero-order valence-electron chi connectivity index (χ0n) is 13.2. The third kappa shape index (κ3) is 2.52. The molecule has 2 aromatic heterocycles. The highest BCUT2D eigenvalue weighted by Gasteiger charge is 2.27. The summed E-state index contributed by atoms with van der Waals surface area (Å²) in [6.07, 6.45) is 6.74. The molecule has 2 aliphatic heterocycles. The summed E-state index contributed by atoms with van der Waals surface area (Å²) >= 11 is 0. The minimum absolute atomic E-state index is 0.412. The molecule has 2 atom stereocenters. The minimum atomic E-state index is 0.412. The van der Waals surface area contributed by atoms with Crippen molar-refractivity contribution in [1.29, 1.82) is 0 Å². The highest BCUT2D eigenvalue weighted by molar-refractivity contribution is 5.71. The molecule has 2 fully saturated rings. The number of ether oxygens (including phenoxy) is 1. The average Bonchev–Trinajstić information content (AvgIpc) is 3.13. The van der Waals surface area contributed by atoms with Crippen LogP contribution in [0.1, 0.15) is 37.4 Å². The summed E-state index contributed by atoms with van der Waals surface area (Å²) in [5.74, 6) is 1.59. The van der Waals surface area contributed by atoms with E-state index < -0.39 is 0 Å². The molecule has 2 aromatic rings. The molecule has 5 nitrogen and oxygen atoms in total. The third-order valence-corrected chi connectivity index (χ3v) is 5.12. The largest absolute Gasteiger partial charge is 0.381 e. The van der Waals surface area contributed by atoms with E-state index in [-0.39, 0.29) is 0 Å². The molecule has 2 unspecified atom stereocenters. The van der Waals surface area contributed by atoms with Crippen LogP contribution in [0.4, 0.5) is 0 Å². The second-order valence-corrected chi connectivity index (χ2v) is 6.62. The topological polar surface area (TPSA) is 43.2 Å². The molecule has 0 saturated carbocycles. The van der Waals surface area contributed by atoms with Gasteiger partial charge in [-0.25, -0.2) is 9.97 Å². The van der Waals surface area contributed by atoms with Crippen molar-refractivity contribution < 1.29 is 4.74 Å². The van der Waals surface area contributed by atoms with E-state index in [4.69, 9.17) is 9.72 Å². The fraction of sp³-hybridized carbons (Fsp3) is 0.647. The van der Waals surface area contributed by atoms with Crippen LogP contribution in [-0.4, -0.2) is 52.3 Å². The normalized spacial score (nSPS) is 26.8. The lowest BCUT2D eigenvalue weighted by Gasteiger charge is -2.25. The molecule has 0 aliphatic carbocycles. The Morgan fingerprint density at radius 3 is 3.05 bits per heavy atom. The number of likely N-dealkylation sites (tertiary alicyclic amines) is 1. The zero-order chi connectivity index (χ0) is 14.9. The van der Waals surface area contributed by atoms with Crippen LogP contribution in [-0.2, 0) is 11.3 Å². The lowest BCUT2D eigenvalue weighted by molar-refractivity contribution is 0.0767. The van der Waals surface area contributed by atoms with E-state index in [0.29, 0.717) is 12.0 Å². The Labute approximate surface area is 131 Å². The van der Waals surface area contributed by atoms with Gasteiger partial charge in [-0.1, -0.05) is 0 Å². The maximum atomic E-state index is 5.69. The first-order valence-electron chi connectivity index (χ1n) is 8.42. The fourth-order valence-electron chi connectivity index (χ4n) is 3.83. The first-order chi connectivity index (χ1) is 10.8. The van der Waals surface area contributed by atoms with Gasteiger partial charge in [0.05, 0.1) is 6.61 Å². The number of rotatable bonds is 3. The minimum Gasteiger partial charge on any atom is -0.381 e. The molecule has 0 N–H and O–H groups in total. The molecule has 0 radical (unpaired) electrons. The number of hydrogen-bond donors (Lipinski definition) is 0. The lowest BCUT2D eigenvalue weighted by Crippen LogP contribution is -2.31. The number of aromatic nitrogens is 3. The van der Waals surface area contributed by atoms with Gasteiger partial charge in [-0.2, -0.15) is 0 Å². The first kappa shape index (κ1) is 14.2. The van der Waals surface area contributed by atoms with Crippen molar-refractivity contribution in [3.8, 4) is 0 Å². The van der Waals surface area contributed by atoms with Crippen LogP contribution in [0, 0.1) is 0 Å². The summed E-state index contributed by atoms with van der Waals surface area (Å²) in [5, 5.41) is 0. The van der Waals surface area contributed by atoms with Gasteiger partial charge in [0.1, 0.15) is 11.3 Å². The fourth-order valence-corrected chi connectivity index (χ4v) is 3.83. The smallest absolute Gasteiger partial charge is 0.160 e. The van der Waals surface area contributed by atoms with Crippen molar-refractivity contribution >= 4 is 11.2 Å². The van der Waals surface area contributed by atoms with Gasteiger partial charge in [-0.3, -0.25) is 0 Å². The Kier molecular flexibility index (Phi) is 3.84. The lowest BCUT2D eigenvalue weighted by atomic mass is 10.0. The maximum absolute atomic E-state index is 5.69. The van der Waals surface area contributed by atoms with Crippen molar-refractivity contribution in [2.75, 3.05) is 26.8 Å². The van der Waals surface area contributed by atoms with Crippen LogP contribution in [0.2, 0.25) is 0 Å². The Morgan fingerprint density at radius 1 is 1.32 bits per heavy atom. The average molecular weight is 300 g/mol. The number of fused-ring (bicyclic) bond motifs is 1. The summed E-state index contributed by atoms with van der Waals surface area (Å²) in [6, 6.07) is 4.65. The monoisotopic (exact) mass is 300 g/mol. The van der Waals surface area contributed by atoms with Gasteiger partial charge in [0.15, 0.2) is 5.65 Å². The molecule has 2 aliphatic rings. The predicted octanol–water partition coefficient (Wildman–Crippen LogP) is 2.42.